The number of aryl methyl sites for hydroxylation is 2. The van der Waals surface area contributed by atoms with Gasteiger partial charge in [-0.2, -0.15) is 0 Å². The number of hydrogen-bond acceptors (Lipinski definition) is 3. The van der Waals surface area contributed by atoms with E-state index in [0.29, 0.717) is 43.9 Å². The first kappa shape index (κ1) is 18.4. The van der Waals surface area contributed by atoms with Gasteiger partial charge in [0.2, 0.25) is 5.91 Å². The Morgan fingerprint density at radius 2 is 1.85 bits per heavy atom. The largest absolute Gasteiger partial charge is 0.481 e. The highest BCUT2D eigenvalue weighted by Gasteiger charge is 2.58. The number of hydrogen-bond donors (Lipinski definition) is 1. The van der Waals surface area contributed by atoms with Crippen molar-refractivity contribution in [2.24, 2.45) is 17.3 Å². The van der Waals surface area contributed by atoms with Gasteiger partial charge >= 0.3 is 5.97 Å². The predicted molar refractivity (Wildman–Crippen MR) is 98.6 cm³/mol. The van der Waals surface area contributed by atoms with Crippen LogP contribution in [-0.2, 0) is 16.1 Å². The predicted octanol–water partition coefficient (Wildman–Crippen LogP) is 2.59. The van der Waals surface area contributed by atoms with E-state index in [0.717, 1.165) is 24.8 Å². The number of likely N-dealkylation sites (tertiary alicyclic amines) is 2. The molecule has 5 nitrogen and oxygen atoms in total. The smallest absolute Gasteiger partial charge is 0.313 e. The number of carboxylic acid groups (broad SMARTS) is 1. The molecule has 2 saturated heterocycles. The van der Waals surface area contributed by atoms with E-state index in [-0.39, 0.29) is 23.6 Å². The summed E-state index contributed by atoms with van der Waals surface area (Å²) in [4.78, 5) is 28.7. The Bertz CT molecular complexity index is 769. The first-order chi connectivity index (χ1) is 12.8. The van der Waals surface area contributed by atoms with E-state index in [2.05, 4.69) is 4.90 Å². The summed E-state index contributed by atoms with van der Waals surface area (Å²) in [6.07, 6.45) is 2.98. The summed E-state index contributed by atoms with van der Waals surface area (Å²) in [6.45, 7) is 6.09. The second kappa shape index (κ2) is 6.59. The summed E-state index contributed by atoms with van der Waals surface area (Å²) >= 11 is 0. The van der Waals surface area contributed by atoms with Gasteiger partial charge < -0.3 is 10.0 Å². The minimum Gasteiger partial charge on any atom is -0.481 e. The molecular formula is C21H27FN2O3. The molecule has 1 saturated carbocycles. The van der Waals surface area contributed by atoms with Crippen LogP contribution in [0.1, 0.15) is 36.0 Å². The van der Waals surface area contributed by atoms with Gasteiger partial charge in [0.05, 0.1) is 0 Å². The molecule has 0 bridgehead atoms. The minimum atomic E-state index is -0.872. The number of nitrogens with zero attached hydrogens (tertiary/aromatic N) is 2. The zero-order valence-electron chi connectivity index (χ0n) is 16.0. The van der Waals surface area contributed by atoms with Crippen LogP contribution in [0.25, 0.3) is 0 Å². The second-order valence-corrected chi connectivity index (χ2v) is 8.72. The van der Waals surface area contributed by atoms with Gasteiger partial charge in [-0.05, 0) is 43.4 Å². The normalized spacial score (nSPS) is 28.3. The minimum absolute atomic E-state index is 0.0401. The van der Waals surface area contributed by atoms with Crippen molar-refractivity contribution in [2.45, 2.75) is 39.7 Å². The van der Waals surface area contributed by atoms with Crippen molar-refractivity contribution in [2.75, 3.05) is 26.2 Å². The molecule has 1 N–H and O–H groups in total. The molecule has 0 unspecified atom stereocenters. The summed E-state index contributed by atoms with van der Waals surface area (Å²) < 4.78 is 13.9. The van der Waals surface area contributed by atoms with Crippen LogP contribution in [0.3, 0.4) is 0 Å². The number of carbonyl (C=O) groups is 2. The van der Waals surface area contributed by atoms with Crippen LogP contribution < -0.4 is 0 Å². The third kappa shape index (κ3) is 3.04. The fourth-order valence-corrected chi connectivity index (χ4v) is 5.06. The molecule has 0 aromatic heterocycles. The van der Waals surface area contributed by atoms with Gasteiger partial charge in [0, 0.05) is 44.6 Å². The van der Waals surface area contributed by atoms with Crippen LogP contribution in [0, 0.1) is 36.9 Å². The maximum atomic E-state index is 13.9. The van der Waals surface area contributed by atoms with Gasteiger partial charge in [-0.25, -0.2) is 4.39 Å². The Morgan fingerprint density at radius 1 is 1.19 bits per heavy atom. The van der Waals surface area contributed by atoms with E-state index >= 15 is 0 Å². The molecule has 1 aliphatic carbocycles. The lowest BCUT2D eigenvalue weighted by Crippen LogP contribution is -2.44. The Balaban J connectivity index is 1.48. The summed E-state index contributed by atoms with van der Waals surface area (Å²) in [5, 5.41) is 9.98. The van der Waals surface area contributed by atoms with Crippen LogP contribution in [0.15, 0.2) is 12.1 Å². The molecule has 3 fully saturated rings. The van der Waals surface area contributed by atoms with Gasteiger partial charge in [0.1, 0.15) is 11.2 Å². The summed E-state index contributed by atoms with van der Waals surface area (Å²) in [5.74, 6) is -0.764. The van der Waals surface area contributed by atoms with Gasteiger partial charge in [-0.3, -0.25) is 14.5 Å². The number of carbonyl (C=O) groups excluding carboxylic acids is 1. The van der Waals surface area contributed by atoms with Gasteiger partial charge in [0.15, 0.2) is 0 Å². The van der Waals surface area contributed by atoms with Crippen molar-refractivity contribution >= 4 is 11.9 Å². The van der Waals surface area contributed by atoms with E-state index in [1.165, 1.54) is 0 Å². The quantitative estimate of drug-likeness (QED) is 0.880. The molecule has 146 valence electrons. The number of benzene rings is 1. The summed E-state index contributed by atoms with van der Waals surface area (Å²) in [5.41, 5.74) is 1.38. The fraction of sp³-hybridized carbons (Fsp3) is 0.619. The van der Waals surface area contributed by atoms with E-state index in [1.54, 1.807) is 18.7 Å². The van der Waals surface area contributed by atoms with Crippen LogP contribution >= 0.6 is 0 Å². The van der Waals surface area contributed by atoms with E-state index in [9.17, 15) is 19.1 Å². The van der Waals surface area contributed by atoms with E-state index < -0.39 is 11.4 Å². The molecule has 1 aromatic rings. The van der Waals surface area contributed by atoms with Gasteiger partial charge in [-0.15, -0.1) is 0 Å². The molecule has 4 rings (SSSR count). The average Bonchev–Trinajstić information content (AvgIpc) is 3.05. The van der Waals surface area contributed by atoms with Crippen molar-refractivity contribution in [3.63, 3.8) is 0 Å². The Labute approximate surface area is 159 Å². The molecule has 2 atom stereocenters. The molecule has 3 aliphatic rings. The lowest BCUT2D eigenvalue weighted by atomic mass is 9.81. The maximum Gasteiger partial charge on any atom is 0.313 e. The van der Waals surface area contributed by atoms with E-state index in [1.807, 2.05) is 12.1 Å². The highest BCUT2D eigenvalue weighted by Crippen LogP contribution is 2.44. The lowest BCUT2D eigenvalue weighted by molar-refractivity contribution is -0.149. The Hall–Kier alpha value is -1.95. The third-order valence-electron chi connectivity index (χ3n) is 6.77. The van der Waals surface area contributed by atoms with Crippen molar-refractivity contribution in [1.29, 1.82) is 0 Å². The molecule has 2 aliphatic heterocycles. The van der Waals surface area contributed by atoms with E-state index in [4.69, 9.17) is 0 Å². The molecule has 1 aromatic carbocycles. The number of aliphatic carboxylic acids is 1. The SMILES string of the molecule is Cc1cc(CN2C[C@H]3CN(C(=O)C4CCC4)C[C@@]3(C(=O)O)C2)cc(C)c1F. The van der Waals surface area contributed by atoms with Crippen molar-refractivity contribution in [3.05, 3.63) is 34.6 Å². The Morgan fingerprint density at radius 3 is 2.37 bits per heavy atom. The number of amides is 1. The van der Waals surface area contributed by atoms with Crippen molar-refractivity contribution < 1.29 is 19.1 Å². The van der Waals surface area contributed by atoms with Gasteiger partial charge in [-0.1, -0.05) is 18.6 Å². The monoisotopic (exact) mass is 374 g/mol. The highest BCUT2D eigenvalue weighted by molar-refractivity contribution is 5.83. The first-order valence-corrected chi connectivity index (χ1v) is 9.80. The number of carboxylic acids is 1. The topological polar surface area (TPSA) is 60.9 Å². The fourth-order valence-electron chi connectivity index (χ4n) is 5.06. The third-order valence-corrected chi connectivity index (χ3v) is 6.77. The van der Waals surface area contributed by atoms with Gasteiger partial charge in [0.25, 0.3) is 0 Å². The number of rotatable bonds is 4. The lowest BCUT2D eigenvalue weighted by Gasteiger charge is -2.31. The van der Waals surface area contributed by atoms with Crippen LogP contribution in [-0.4, -0.2) is 53.0 Å². The number of halogens is 1. The van der Waals surface area contributed by atoms with Crippen LogP contribution in [0.4, 0.5) is 4.39 Å². The molecule has 27 heavy (non-hydrogen) atoms. The molecule has 0 spiro atoms. The Kier molecular flexibility index (Phi) is 4.49. The average molecular weight is 374 g/mol. The first-order valence-electron chi connectivity index (χ1n) is 9.80. The molecule has 0 radical (unpaired) electrons. The summed E-state index contributed by atoms with van der Waals surface area (Å²) in [6, 6.07) is 3.69. The van der Waals surface area contributed by atoms with Crippen LogP contribution in [0.5, 0.6) is 0 Å². The summed E-state index contributed by atoms with van der Waals surface area (Å²) in [7, 11) is 0. The standard InChI is InChI=1S/C21H27FN2O3/c1-13-6-15(7-14(2)18(13)22)8-23-9-17-10-24(19(25)16-4-3-5-16)12-21(17,11-23)20(26)27/h6-7,16-17H,3-5,8-12H2,1-2H3,(H,26,27)/t17-,21-/m0/s1. The highest BCUT2D eigenvalue weighted by atomic mass is 19.1. The second-order valence-electron chi connectivity index (χ2n) is 8.72. The zero-order valence-corrected chi connectivity index (χ0v) is 16.0. The molecule has 2 heterocycles. The van der Waals surface area contributed by atoms with Crippen LogP contribution in [0.2, 0.25) is 0 Å². The maximum absolute atomic E-state index is 13.9. The zero-order chi connectivity index (χ0) is 19.3. The number of fused-ring (bicyclic) bond motifs is 1. The van der Waals surface area contributed by atoms with Crippen molar-refractivity contribution in [3.8, 4) is 0 Å². The molecule has 6 heteroatoms. The molecule has 1 amide bonds. The molecular weight excluding hydrogens is 347 g/mol. The van der Waals surface area contributed by atoms with Crippen molar-refractivity contribution in [1.82, 2.24) is 9.80 Å².